The molecule has 1 fully saturated rings. The third-order valence-corrected chi connectivity index (χ3v) is 8.85. The first-order valence-corrected chi connectivity index (χ1v) is 15.0. The number of halogens is 2. The van der Waals surface area contributed by atoms with Crippen molar-refractivity contribution >= 4 is 55.3 Å². The average molecular weight is 555 g/mol. The normalized spacial score (nSPS) is 14.4. The minimum absolute atomic E-state index is 0.152. The van der Waals surface area contributed by atoms with Crippen molar-refractivity contribution in [1.29, 1.82) is 0 Å². The minimum atomic E-state index is -3.55. The van der Waals surface area contributed by atoms with Crippen LogP contribution in [0, 0.1) is 6.92 Å². The van der Waals surface area contributed by atoms with Crippen molar-refractivity contribution in [2.75, 3.05) is 31.2 Å². The Bertz CT molecular complexity index is 1560. The highest BCUT2D eigenvalue weighted by Gasteiger charge is 2.19. The fraction of sp³-hybridized carbons (Fsp3) is 0.276. The molecule has 37 heavy (non-hydrogen) atoms. The van der Waals surface area contributed by atoms with Gasteiger partial charge in [-0.25, -0.2) is 8.42 Å². The number of benzene rings is 3. The van der Waals surface area contributed by atoms with Crippen LogP contribution >= 0.6 is 23.2 Å². The molecule has 192 valence electrons. The Morgan fingerprint density at radius 1 is 0.973 bits per heavy atom. The van der Waals surface area contributed by atoms with Gasteiger partial charge in [0.1, 0.15) is 4.90 Å². The highest BCUT2D eigenvalue weighted by molar-refractivity contribution is 7.90. The van der Waals surface area contributed by atoms with Crippen molar-refractivity contribution in [3.63, 3.8) is 0 Å². The maximum absolute atomic E-state index is 12.8. The SMILES string of the molecule is Cc1c(Cl)cc(-c2ccc3ncc(S(C)(=O)=O)c(Nc4cccc(CCN5CCCC5)c4)c3c2)cc1Cl. The highest BCUT2D eigenvalue weighted by atomic mass is 35.5. The summed E-state index contributed by atoms with van der Waals surface area (Å²) >= 11 is 12.8. The lowest BCUT2D eigenvalue weighted by Crippen LogP contribution is -2.21. The molecule has 1 aromatic heterocycles. The van der Waals surface area contributed by atoms with Crippen molar-refractivity contribution < 1.29 is 8.42 Å². The van der Waals surface area contributed by atoms with Gasteiger partial charge in [0, 0.05) is 40.1 Å². The first-order valence-electron chi connectivity index (χ1n) is 12.4. The fourth-order valence-corrected chi connectivity index (χ4v) is 6.08. The summed E-state index contributed by atoms with van der Waals surface area (Å²) in [5.74, 6) is 0. The molecule has 5 nitrogen and oxygen atoms in total. The molecule has 5 rings (SSSR count). The molecule has 0 bridgehead atoms. The van der Waals surface area contributed by atoms with E-state index in [4.69, 9.17) is 23.2 Å². The van der Waals surface area contributed by atoms with E-state index < -0.39 is 9.84 Å². The van der Waals surface area contributed by atoms with Crippen LogP contribution in [0.3, 0.4) is 0 Å². The molecule has 0 spiro atoms. The van der Waals surface area contributed by atoms with Gasteiger partial charge in [0.2, 0.25) is 0 Å². The predicted molar refractivity (Wildman–Crippen MR) is 154 cm³/mol. The van der Waals surface area contributed by atoms with E-state index in [1.54, 1.807) is 0 Å². The van der Waals surface area contributed by atoms with Gasteiger partial charge in [0.25, 0.3) is 0 Å². The monoisotopic (exact) mass is 553 g/mol. The number of nitrogens with one attached hydrogen (secondary N) is 1. The lowest BCUT2D eigenvalue weighted by molar-refractivity contribution is 0.343. The third kappa shape index (κ3) is 5.78. The van der Waals surface area contributed by atoms with Crippen LogP contribution in [0.1, 0.15) is 24.0 Å². The van der Waals surface area contributed by atoms with Crippen LogP contribution in [0.4, 0.5) is 11.4 Å². The molecule has 1 aliphatic heterocycles. The van der Waals surface area contributed by atoms with Crippen LogP contribution in [-0.4, -0.2) is 44.2 Å². The number of aromatic nitrogens is 1. The molecule has 2 heterocycles. The van der Waals surface area contributed by atoms with Crippen molar-refractivity contribution in [2.24, 2.45) is 0 Å². The Labute approximate surface area is 228 Å². The van der Waals surface area contributed by atoms with Crippen LogP contribution in [-0.2, 0) is 16.3 Å². The van der Waals surface area contributed by atoms with Gasteiger partial charge in [0.15, 0.2) is 9.84 Å². The summed E-state index contributed by atoms with van der Waals surface area (Å²) in [6.45, 7) is 5.23. The second kappa shape index (κ2) is 10.6. The van der Waals surface area contributed by atoms with Crippen molar-refractivity contribution in [3.05, 3.63) is 82.0 Å². The molecule has 0 aliphatic carbocycles. The van der Waals surface area contributed by atoms with Gasteiger partial charge >= 0.3 is 0 Å². The molecule has 0 radical (unpaired) electrons. The summed E-state index contributed by atoms with van der Waals surface area (Å²) in [6, 6.07) is 17.7. The van der Waals surface area contributed by atoms with E-state index in [9.17, 15) is 8.42 Å². The molecule has 1 aliphatic rings. The maximum Gasteiger partial charge on any atom is 0.179 e. The van der Waals surface area contributed by atoms with Crippen LogP contribution in [0.5, 0.6) is 0 Å². The second-order valence-electron chi connectivity index (χ2n) is 9.69. The molecule has 8 heteroatoms. The van der Waals surface area contributed by atoms with Gasteiger partial charge < -0.3 is 10.2 Å². The molecule has 0 unspecified atom stereocenters. The molecule has 0 amide bonds. The number of anilines is 2. The van der Waals surface area contributed by atoms with Crippen LogP contribution < -0.4 is 5.32 Å². The lowest BCUT2D eigenvalue weighted by atomic mass is 10.0. The highest BCUT2D eigenvalue weighted by Crippen LogP contribution is 2.37. The van der Waals surface area contributed by atoms with Crippen LogP contribution in [0.2, 0.25) is 10.0 Å². The van der Waals surface area contributed by atoms with Crippen LogP contribution in [0.15, 0.2) is 65.7 Å². The number of sulfone groups is 1. The topological polar surface area (TPSA) is 62.3 Å². The van der Waals surface area contributed by atoms with Gasteiger partial charge in [-0.3, -0.25) is 4.98 Å². The van der Waals surface area contributed by atoms with E-state index in [0.29, 0.717) is 26.6 Å². The summed E-state index contributed by atoms with van der Waals surface area (Å²) in [6.07, 6.45) is 6.12. The summed E-state index contributed by atoms with van der Waals surface area (Å²) < 4.78 is 25.5. The Kier molecular flexibility index (Phi) is 7.46. The summed E-state index contributed by atoms with van der Waals surface area (Å²) in [4.78, 5) is 7.09. The van der Waals surface area contributed by atoms with Crippen molar-refractivity contribution in [1.82, 2.24) is 9.88 Å². The number of fused-ring (bicyclic) bond motifs is 1. The molecule has 0 saturated carbocycles. The lowest BCUT2D eigenvalue weighted by Gasteiger charge is -2.17. The zero-order valence-corrected chi connectivity index (χ0v) is 23.2. The maximum atomic E-state index is 12.8. The quantitative estimate of drug-likeness (QED) is 0.260. The largest absolute Gasteiger partial charge is 0.354 e. The van der Waals surface area contributed by atoms with E-state index in [1.807, 2.05) is 49.4 Å². The van der Waals surface area contributed by atoms with Crippen LogP contribution in [0.25, 0.3) is 22.0 Å². The summed E-state index contributed by atoms with van der Waals surface area (Å²) in [5, 5.41) is 5.28. The van der Waals surface area contributed by atoms with Gasteiger partial charge in [-0.1, -0.05) is 41.4 Å². The second-order valence-corrected chi connectivity index (χ2v) is 12.5. The first-order chi connectivity index (χ1) is 17.7. The van der Waals surface area contributed by atoms with E-state index in [0.717, 1.165) is 35.3 Å². The van der Waals surface area contributed by atoms with E-state index >= 15 is 0 Å². The third-order valence-electron chi connectivity index (χ3n) is 6.96. The summed E-state index contributed by atoms with van der Waals surface area (Å²) in [7, 11) is -3.55. The molecule has 1 saturated heterocycles. The number of nitrogens with zero attached hydrogens (tertiary/aromatic N) is 2. The Morgan fingerprint density at radius 2 is 1.70 bits per heavy atom. The Hall–Kier alpha value is -2.64. The molecule has 0 atom stereocenters. The minimum Gasteiger partial charge on any atom is -0.354 e. The Balaban J connectivity index is 1.56. The number of hydrogen-bond donors (Lipinski definition) is 1. The molecule has 4 aromatic rings. The first kappa shape index (κ1) is 26.0. The molecular weight excluding hydrogens is 525 g/mol. The van der Waals surface area contributed by atoms with Gasteiger partial charge in [-0.15, -0.1) is 0 Å². The number of rotatable bonds is 7. The number of hydrogen-bond acceptors (Lipinski definition) is 5. The summed E-state index contributed by atoms with van der Waals surface area (Å²) in [5.41, 5.74) is 5.78. The van der Waals surface area contributed by atoms with E-state index in [1.165, 1.54) is 43.9 Å². The molecule has 3 aromatic carbocycles. The predicted octanol–water partition coefficient (Wildman–Crippen LogP) is 7.30. The van der Waals surface area contributed by atoms with Gasteiger partial charge in [-0.2, -0.15) is 0 Å². The number of pyridine rings is 1. The average Bonchev–Trinajstić information content (AvgIpc) is 3.39. The van der Waals surface area contributed by atoms with Crippen molar-refractivity contribution in [2.45, 2.75) is 31.1 Å². The smallest absolute Gasteiger partial charge is 0.179 e. The molecule has 1 N–H and O–H groups in total. The standard InChI is InChI=1S/C29H29Cl2N3O2S/c1-19-25(30)16-22(17-26(19)31)21-8-9-27-24(15-21)29(28(18-32-27)37(2,35)36)33-23-7-5-6-20(14-23)10-13-34-11-3-4-12-34/h5-9,14-18H,3-4,10-13H2,1-2H3,(H,32,33). The van der Waals surface area contributed by atoms with Gasteiger partial charge in [0.05, 0.1) is 11.2 Å². The van der Waals surface area contributed by atoms with E-state index in [2.05, 4.69) is 27.3 Å². The van der Waals surface area contributed by atoms with E-state index in [-0.39, 0.29) is 4.90 Å². The molecular formula is C29H29Cl2N3O2S. The fourth-order valence-electron chi connectivity index (χ4n) is 4.82. The zero-order chi connectivity index (χ0) is 26.2. The van der Waals surface area contributed by atoms with Crippen molar-refractivity contribution in [3.8, 4) is 11.1 Å². The number of likely N-dealkylation sites (tertiary alicyclic amines) is 1. The zero-order valence-electron chi connectivity index (χ0n) is 20.9. The Morgan fingerprint density at radius 3 is 2.41 bits per heavy atom. The van der Waals surface area contributed by atoms with Gasteiger partial charge in [-0.05, 0) is 97.9 Å².